The molecule has 0 aromatic carbocycles. The maximum atomic E-state index is 12.3. The molecular weight excluding hydrogens is 430 g/mol. The Morgan fingerprint density at radius 1 is 0.914 bits per heavy atom. The maximum Gasteiger partial charge on any atom is 0.407 e. The smallest absolute Gasteiger partial charge is 0.407 e. The minimum absolute atomic E-state index is 0.127. The molecule has 3 nitrogen and oxygen atoms in total. The van der Waals surface area contributed by atoms with E-state index in [1.165, 1.54) is 64.2 Å². The van der Waals surface area contributed by atoms with Gasteiger partial charge in [-0.05, 0) is 116 Å². The Kier molecular flexibility index (Phi) is 8.85. The van der Waals surface area contributed by atoms with E-state index in [-0.39, 0.29) is 12.2 Å². The molecular formula is C32H57NO2. The van der Waals surface area contributed by atoms with Gasteiger partial charge >= 0.3 is 6.09 Å². The molecule has 0 bridgehead atoms. The van der Waals surface area contributed by atoms with Crippen LogP contribution >= 0.6 is 0 Å². The average molecular weight is 488 g/mol. The van der Waals surface area contributed by atoms with Crippen LogP contribution < -0.4 is 5.32 Å². The van der Waals surface area contributed by atoms with Crippen LogP contribution in [0, 0.1) is 52.3 Å². The van der Waals surface area contributed by atoms with Gasteiger partial charge in [-0.2, -0.15) is 0 Å². The minimum Gasteiger partial charge on any atom is -0.446 e. The van der Waals surface area contributed by atoms with E-state index in [2.05, 4.69) is 46.9 Å². The SMILES string of the molecule is CCCCNC(=O)OC1CCC2(C)C(CCC3C2CCC2(C)C(C(C)CCCC(C)C)CCC32)C1. The van der Waals surface area contributed by atoms with Crippen molar-refractivity contribution in [2.45, 2.75) is 138 Å². The van der Waals surface area contributed by atoms with E-state index in [0.29, 0.717) is 10.8 Å². The summed E-state index contributed by atoms with van der Waals surface area (Å²) in [6, 6.07) is 0. The quantitative estimate of drug-likeness (QED) is 0.329. The summed E-state index contributed by atoms with van der Waals surface area (Å²) in [7, 11) is 0. The van der Waals surface area contributed by atoms with Gasteiger partial charge in [-0.15, -0.1) is 0 Å². The lowest BCUT2D eigenvalue weighted by atomic mass is 9.44. The van der Waals surface area contributed by atoms with E-state index in [1.54, 1.807) is 0 Å². The summed E-state index contributed by atoms with van der Waals surface area (Å²) < 4.78 is 5.89. The molecule has 0 spiro atoms. The Bertz CT molecular complexity index is 706. The summed E-state index contributed by atoms with van der Waals surface area (Å²) >= 11 is 0. The zero-order chi connectivity index (χ0) is 25.2. The first kappa shape index (κ1) is 27.3. The number of hydrogen-bond donors (Lipinski definition) is 1. The second-order valence-electron chi connectivity index (χ2n) is 14.3. The van der Waals surface area contributed by atoms with Crippen LogP contribution in [-0.4, -0.2) is 18.7 Å². The number of alkyl carbamates (subject to hydrolysis) is 1. The van der Waals surface area contributed by atoms with Gasteiger partial charge in [0.15, 0.2) is 0 Å². The first-order valence-corrected chi connectivity index (χ1v) is 15.6. The standard InChI is InChI=1S/C32H57NO2/c1-7-8-20-33-30(34)35-25-16-18-31(5)24(21-25)12-13-26-28-15-14-27(23(4)11-9-10-22(2)3)32(28,6)19-17-29(26)31/h22-29H,7-21H2,1-6H3,(H,33,34). The van der Waals surface area contributed by atoms with Crippen LogP contribution in [-0.2, 0) is 4.74 Å². The monoisotopic (exact) mass is 487 g/mol. The van der Waals surface area contributed by atoms with Crippen LogP contribution in [0.2, 0.25) is 0 Å². The summed E-state index contributed by atoms with van der Waals surface area (Å²) in [6.07, 6.45) is 18.4. The van der Waals surface area contributed by atoms with Crippen molar-refractivity contribution in [2.24, 2.45) is 52.3 Å². The van der Waals surface area contributed by atoms with Crippen molar-refractivity contribution < 1.29 is 9.53 Å². The lowest BCUT2D eigenvalue weighted by Crippen LogP contribution is -2.54. The van der Waals surface area contributed by atoms with Crippen LogP contribution in [0.25, 0.3) is 0 Å². The van der Waals surface area contributed by atoms with Gasteiger partial charge in [-0.25, -0.2) is 4.79 Å². The normalized spacial score (nSPS) is 41.6. The van der Waals surface area contributed by atoms with Gasteiger partial charge in [0, 0.05) is 6.54 Å². The molecule has 4 rings (SSSR count). The molecule has 4 aliphatic rings. The zero-order valence-corrected chi connectivity index (χ0v) is 24.0. The van der Waals surface area contributed by atoms with Crippen LogP contribution in [0.3, 0.4) is 0 Å². The topological polar surface area (TPSA) is 38.3 Å². The first-order valence-electron chi connectivity index (χ1n) is 15.6. The van der Waals surface area contributed by atoms with E-state index in [0.717, 1.165) is 73.7 Å². The number of ether oxygens (including phenoxy) is 1. The van der Waals surface area contributed by atoms with E-state index < -0.39 is 0 Å². The Morgan fingerprint density at radius 3 is 2.40 bits per heavy atom. The van der Waals surface area contributed by atoms with Crippen molar-refractivity contribution in [1.82, 2.24) is 5.32 Å². The van der Waals surface area contributed by atoms with Crippen molar-refractivity contribution in [1.29, 1.82) is 0 Å². The van der Waals surface area contributed by atoms with E-state index in [9.17, 15) is 4.79 Å². The number of carbonyl (C=O) groups is 1. The highest BCUT2D eigenvalue weighted by Crippen LogP contribution is 2.68. The molecule has 9 atom stereocenters. The van der Waals surface area contributed by atoms with Gasteiger partial charge in [0.1, 0.15) is 6.10 Å². The van der Waals surface area contributed by atoms with Gasteiger partial charge < -0.3 is 10.1 Å². The van der Waals surface area contributed by atoms with Crippen LogP contribution in [0.5, 0.6) is 0 Å². The molecule has 9 unspecified atom stereocenters. The molecule has 35 heavy (non-hydrogen) atoms. The Morgan fingerprint density at radius 2 is 1.66 bits per heavy atom. The Labute approximate surface area is 217 Å². The van der Waals surface area contributed by atoms with Crippen molar-refractivity contribution in [3.8, 4) is 0 Å². The fraction of sp³-hybridized carbons (Fsp3) is 0.969. The van der Waals surface area contributed by atoms with Crippen LogP contribution in [0.4, 0.5) is 4.79 Å². The lowest BCUT2D eigenvalue weighted by Gasteiger charge is -2.61. The van der Waals surface area contributed by atoms with Crippen molar-refractivity contribution >= 4 is 6.09 Å². The molecule has 0 radical (unpaired) electrons. The third-order valence-corrected chi connectivity index (χ3v) is 11.9. The Balaban J connectivity index is 1.35. The van der Waals surface area contributed by atoms with E-state index in [1.807, 2.05) is 0 Å². The zero-order valence-electron chi connectivity index (χ0n) is 24.0. The number of hydrogen-bond acceptors (Lipinski definition) is 2. The third kappa shape index (κ3) is 5.59. The summed E-state index contributed by atoms with van der Waals surface area (Å²) in [5.74, 6) is 6.21. The molecule has 202 valence electrons. The van der Waals surface area contributed by atoms with Gasteiger partial charge in [-0.1, -0.05) is 67.2 Å². The molecule has 4 saturated carbocycles. The minimum atomic E-state index is -0.186. The first-order chi connectivity index (χ1) is 16.7. The number of fused-ring (bicyclic) bond motifs is 5. The van der Waals surface area contributed by atoms with Crippen molar-refractivity contribution in [3.05, 3.63) is 0 Å². The second kappa shape index (κ2) is 11.3. The predicted molar refractivity (Wildman–Crippen MR) is 146 cm³/mol. The Hall–Kier alpha value is -0.730. The van der Waals surface area contributed by atoms with E-state index >= 15 is 0 Å². The molecule has 1 N–H and O–H groups in total. The van der Waals surface area contributed by atoms with Crippen LogP contribution in [0.15, 0.2) is 0 Å². The van der Waals surface area contributed by atoms with Crippen LogP contribution in [0.1, 0.15) is 131 Å². The van der Waals surface area contributed by atoms with Gasteiger partial charge in [0.05, 0.1) is 0 Å². The van der Waals surface area contributed by atoms with Gasteiger partial charge in [0.25, 0.3) is 0 Å². The van der Waals surface area contributed by atoms with E-state index in [4.69, 9.17) is 4.74 Å². The molecule has 4 fully saturated rings. The molecule has 4 aliphatic carbocycles. The number of unbranched alkanes of at least 4 members (excludes halogenated alkanes) is 1. The molecule has 0 aliphatic heterocycles. The second-order valence-corrected chi connectivity index (χ2v) is 14.3. The number of rotatable bonds is 9. The molecule has 1 amide bonds. The highest BCUT2D eigenvalue weighted by atomic mass is 16.6. The molecule has 3 heteroatoms. The molecule has 0 aromatic rings. The van der Waals surface area contributed by atoms with Gasteiger partial charge in [-0.3, -0.25) is 0 Å². The summed E-state index contributed by atoms with van der Waals surface area (Å²) in [5.41, 5.74) is 1.04. The predicted octanol–water partition coefficient (Wildman–Crippen LogP) is 9.00. The number of nitrogens with one attached hydrogen (secondary N) is 1. The number of amides is 1. The highest BCUT2D eigenvalue weighted by molar-refractivity contribution is 5.67. The van der Waals surface area contributed by atoms with Crippen molar-refractivity contribution in [2.75, 3.05) is 6.54 Å². The lowest BCUT2D eigenvalue weighted by molar-refractivity contribution is -0.129. The fourth-order valence-corrected chi connectivity index (χ4v) is 9.91. The molecule has 0 heterocycles. The summed E-state index contributed by atoms with van der Waals surface area (Å²) in [5, 5.41) is 2.96. The largest absolute Gasteiger partial charge is 0.446 e. The summed E-state index contributed by atoms with van der Waals surface area (Å²) in [6.45, 7) is 15.6. The molecule has 0 saturated heterocycles. The van der Waals surface area contributed by atoms with Gasteiger partial charge in [0.2, 0.25) is 0 Å². The molecule has 0 aromatic heterocycles. The fourth-order valence-electron chi connectivity index (χ4n) is 9.91. The average Bonchev–Trinajstić information content (AvgIpc) is 3.16. The third-order valence-electron chi connectivity index (χ3n) is 11.9. The maximum absolute atomic E-state index is 12.3. The summed E-state index contributed by atoms with van der Waals surface area (Å²) in [4.78, 5) is 12.3. The van der Waals surface area contributed by atoms with Crippen molar-refractivity contribution in [3.63, 3.8) is 0 Å². The highest BCUT2D eigenvalue weighted by Gasteiger charge is 2.60. The number of carbonyl (C=O) groups excluding carboxylic acids is 1.